The summed E-state index contributed by atoms with van der Waals surface area (Å²) in [4.78, 5) is 46.3. The summed E-state index contributed by atoms with van der Waals surface area (Å²) >= 11 is 0. The van der Waals surface area contributed by atoms with Crippen molar-refractivity contribution in [2.75, 3.05) is 26.2 Å². The number of hydroxylamine groups is 2. The SMILES string of the molecule is CC(=O)N(CC/[N+]([O-])=[N+](\[O-])CCN(C(C)=O)C(C)=O)C(C)=O. The number of rotatable bonds is 6. The average molecular weight is 316 g/mol. The molecule has 0 unspecified atom stereocenters. The number of nitrogens with zero attached hydrogens (tertiary/aromatic N) is 4. The predicted octanol–water partition coefficient (Wildman–Crippen LogP) is -0.751. The minimum absolute atomic E-state index is 0.0251. The molecule has 0 fully saturated rings. The van der Waals surface area contributed by atoms with Gasteiger partial charge in [-0.15, -0.1) is 0 Å². The number of amides is 4. The summed E-state index contributed by atoms with van der Waals surface area (Å²) in [6, 6.07) is 0. The first-order chi connectivity index (χ1) is 10.1. The summed E-state index contributed by atoms with van der Waals surface area (Å²) in [5.74, 6) is -2.12. The minimum Gasteiger partial charge on any atom is -0.567 e. The molecule has 10 nitrogen and oxygen atoms in total. The van der Waals surface area contributed by atoms with Crippen molar-refractivity contribution in [3.8, 4) is 0 Å². The molecule has 0 N–H and O–H groups in total. The zero-order valence-corrected chi connectivity index (χ0v) is 13.1. The van der Waals surface area contributed by atoms with E-state index < -0.39 is 36.7 Å². The van der Waals surface area contributed by atoms with Crippen LogP contribution < -0.4 is 0 Å². The number of hydrogen-bond acceptors (Lipinski definition) is 6. The van der Waals surface area contributed by atoms with Crippen LogP contribution in [0, 0.1) is 10.4 Å². The molecule has 0 aliphatic heterocycles. The predicted molar refractivity (Wildman–Crippen MR) is 73.1 cm³/mol. The van der Waals surface area contributed by atoms with Crippen molar-refractivity contribution in [1.82, 2.24) is 9.80 Å². The third kappa shape index (κ3) is 6.29. The van der Waals surface area contributed by atoms with E-state index in [1.165, 1.54) is 27.7 Å². The van der Waals surface area contributed by atoms with Gasteiger partial charge in [-0.3, -0.25) is 29.0 Å². The van der Waals surface area contributed by atoms with Crippen molar-refractivity contribution in [1.29, 1.82) is 0 Å². The molecule has 0 heterocycles. The van der Waals surface area contributed by atoms with Crippen molar-refractivity contribution < 1.29 is 28.9 Å². The molecule has 10 heteroatoms. The third-order valence-corrected chi connectivity index (χ3v) is 2.80. The fraction of sp³-hybridized carbons (Fsp3) is 0.667. The summed E-state index contributed by atoms with van der Waals surface area (Å²) in [5.41, 5.74) is 0. The first-order valence-corrected chi connectivity index (χ1v) is 6.54. The van der Waals surface area contributed by atoms with Gasteiger partial charge in [-0.1, -0.05) is 0 Å². The summed E-state index contributed by atoms with van der Waals surface area (Å²) in [7, 11) is 0. The first kappa shape index (κ1) is 19.5. The molecule has 0 saturated heterocycles. The molecule has 0 spiro atoms. The third-order valence-electron chi connectivity index (χ3n) is 2.80. The molecule has 124 valence electrons. The summed E-state index contributed by atoms with van der Waals surface area (Å²) < 4.78 is 0. The highest BCUT2D eigenvalue weighted by atomic mass is 16.6. The number of azo groups is 1. The Bertz CT molecular complexity index is 430. The zero-order chi connectivity index (χ0) is 17.4. The van der Waals surface area contributed by atoms with E-state index in [2.05, 4.69) is 0 Å². The molecule has 0 aliphatic carbocycles. The second-order valence-corrected chi connectivity index (χ2v) is 4.53. The Morgan fingerprint density at radius 3 is 1.09 bits per heavy atom. The van der Waals surface area contributed by atoms with Gasteiger partial charge in [-0.2, -0.15) is 0 Å². The van der Waals surface area contributed by atoms with Crippen LogP contribution >= 0.6 is 0 Å². The molecule has 0 atom stereocenters. The second-order valence-electron chi connectivity index (χ2n) is 4.53. The number of hydrogen-bond donors (Lipinski definition) is 0. The van der Waals surface area contributed by atoms with Crippen LogP contribution in [0.2, 0.25) is 0 Å². The molecule has 0 rings (SSSR count). The van der Waals surface area contributed by atoms with Crippen molar-refractivity contribution >= 4 is 23.6 Å². The van der Waals surface area contributed by atoms with E-state index in [0.717, 1.165) is 9.80 Å². The normalized spacial score (nSPS) is 11.5. The lowest BCUT2D eigenvalue weighted by molar-refractivity contribution is -0.969. The maximum atomic E-state index is 11.5. The molecule has 4 amide bonds. The van der Waals surface area contributed by atoms with Gasteiger partial charge in [-0.25, -0.2) is 0 Å². The van der Waals surface area contributed by atoms with E-state index in [-0.39, 0.29) is 22.8 Å². The van der Waals surface area contributed by atoms with Crippen molar-refractivity contribution in [3.05, 3.63) is 10.4 Å². The fourth-order valence-electron chi connectivity index (χ4n) is 1.67. The molecule has 22 heavy (non-hydrogen) atoms. The Labute approximate surface area is 127 Å². The van der Waals surface area contributed by atoms with E-state index in [1.54, 1.807) is 0 Å². The van der Waals surface area contributed by atoms with Crippen LogP contribution in [0.4, 0.5) is 0 Å². The van der Waals surface area contributed by atoms with E-state index in [0.29, 0.717) is 0 Å². The monoisotopic (exact) mass is 316 g/mol. The highest BCUT2D eigenvalue weighted by molar-refractivity contribution is 5.93. The standard InChI is InChI=1S/C12H20N4O6/c1-9(17)13(10(2)18)5-7-15(21)16(22)8-6-14(11(3)19)12(4)20/h5-8H2,1-4H3/b16-15+. The highest BCUT2D eigenvalue weighted by Crippen LogP contribution is 1.93. The van der Waals surface area contributed by atoms with E-state index in [4.69, 9.17) is 0 Å². The lowest BCUT2D eigenvalue weighted by Gasteiger charge is -2.16. The first-order valence-electron chi connectivity index (χ1n) is 6.54. The van der Waals surface area contributed by atoms with Gasteiger partial charge in [0.1, 0.15) is 0 Å². The summed E-state index contributed by atoms with van der Waals surface area (Å²) in [6.45, 7) is 3.43. The summed E-state index contributed by atoms with van der Waals surface area (Å²) in [6.07, 6.45) is 0. The maximum absolute atomic E-state index is 11.5. The molecule has 0 bridgehead atoms. The largest absolute Gasteiger partial charge is 0.567 e. The molecular formula is C12H20N4O6. The van der Waals surface area contributed by atoms with Crippen molar-refractivity contribution in [2.24, 2.45) is 0 Å². The molecule has 0 radical (unpaired) electrons. The van der Waals surface area contributed by atoms with Crippen LogP contribution in [-0.4, -0.2) is 69.3 Å². The average Bonchev–Trinajstić information content (AvgIpc) is 2.36. The topological polar surface area (TPSA) is 127 Å². The number of carbonyl (C=O) groups excluding carboxylic acids is 4. The molecule has 0 aromatic heterocycles. The lowest BCUT2D eigenvalue weighted by Crippen LogP contribution is -2.40. The van der Waals surface area contributed by atoms with Gasteiger partial charge in [0.15, 0.2) is 0 Å². The van der Waals surface area contributed by atoms with Crippen LogP contribution in [0.1, 0.15) is 27.7 Å². The quantitative estimate of drug-likeness (QED) is 0.360. The molecule has 0 aromatic rings. The Morgan fingerprint density at radius 2 is 0.909 bits per heavy atom. The Morgan fingerprint density at radius 1 is 0.682 bits per heavy atom. The smallest absolute Gasteiger partial charge is 0.238 e. The van der Waals surface area contributed by atoms with E-state index >= 15 is 0 Å². The van der Waals surface area contributed by atoms with Crippen LogP contribution in [0.25, 0.3) is 0 Å². The molecule has 0 saturated carbocycles. The Kier molecular flexibility index (Phi) is 7.70. The van der Waals surface area contributed by atoms with Gasteiger partial charge in [-0.05, 0) is 0 Å². The van der Waals surface area contributed by atoms with Crippen LogP contribution in [0.3, 0.4) is 0 Å². The van der Waals surface area contributed by atoms with Gasteiger partial charge in [0, 0.05) is 37.4 Å². The van der Waals surface area contributed by atoms with Crippen LogP contribution in [-0.2, 0) is 19.2 Å². The van der Waals surface area contributed by atoms with E-state index in [9.17, 15) is 29.6 Å². The van der Waals surface area contributed by atoms with Crippen molar-refractivity contribution in [3.63, 3.8) is 0 Å². The van der Waals surface area contributed by atoms with Crippen LogP contribution in [0.5, 0.6) is 0 Å². The fourth-order valence-corrected chi connectivity index (χ4v) is 1.67. The molecule has 0 aliphatic rings. The Balaban J connectivity index is 4.66. The lowest BCUT2D eigenvalue weighted by atomic mass is 10.4. The summed E-state index contributed by atoms with van der Waals surface area (Å²) in [5, 5.41) is 23.1. The zero-order valence-electron chi connectivity index (χ0n) is 13.1. The minimum atomic E-state index is -0.530. The van der Waals surface area contributed by atoms with Gasteiger partial charge in [0.25, 0.3) is 0 Å². The number of carbonyl (C=O) groups is 4. The van der Waals surface area contributed by atoms with Gasteiger partial charge < -0.3 is 10.4 Å². The van der Waals surface area contributed by atoms with Gasteiger partial charge in [0.05, 0.1) is 13.1 Å². The van der Waals surface area contributed by atoms with Crippen LogP contribution in [0.15, 0.2) is 0 Å². The second kappa shape index (κ2) is 8.70. The van der Waals surface area contributed by atoms with Gasteiger partial charge in [0.2, 0.25) is 36.7 Å². The maximum Gasteiger partial charge on any atom is 0.238 e. The van der Waals surface area contributed by atoms with E-state index in [1.807, 2.05) is 0 Å². The Hall–Kier alpha value is -2.52. The van der Waals surface area contributed by atoms with Gasteiger partial charge >= 0.3 is 0 Å². The van der Waals surface area contributed by atoms with Crippen molar-refractivity contribution in [2.45, 2.75) is 27.7 Å². The molecular weight excluding hydrogens is 296 g/mol. The highest BCUT2D eigenvalue weighted by Gasteiger charge is 2.20. The number of imide groups is 2. The molecule has 0 aromatic carbocycles.